The van der Waals surface area contributed by atoms with Crippen molar-refractivity contribution in [3.05, 3.63) is 81.9 Å². The van der Waals surface area contributed by atoms with E-state index in [1.807, 2.05) is 0 Å². The van der Waals surface area contributed by atoms with Crippen LogP contribution in [0.25, 0.3) is 0 Å². The van der Waals surface area contributed by atoms with Crippen molar-refractivity contribution in [2.24, 2.45) is 0 Å². The van der Waals surface area contributed by atoms with Gasteiger partial charge in [0.1, 0.15) is 17.2 Å². The van der Waals surface area contributed by atoms with Crippen LogP contribution in [0, 0.1) is 10.1 Å². The minimum Gasteiger partial charge on any atom is -0.505 e. The molecule has 1 heterocycles. The number of sulfonamides is 1. The van der Waals surface area contributed by atoms with Crippen LogP contribution >= 0.6 is 0 Å². The standard InChI is InChI=1S/C27H31N3O9S/c1-36-21-7-3-19(4-8-21)16-29(17-20-5-9-22(37-2)10-6-20)40(34,35)24-13-25(30(32)33)27(26(31)14-24)28-15-23-18-38-11-12-39-23/h3-10,13-14,23,28,31H,11-12,15-18H2,1-2H3/t23-/m0/s1. The lowest BCUT2D eigenvalue weighted by Gasteiger charge is -2.24. The van der Waals surface area contributed by atoms with Crippen LogP contribution in [0.4, 0.5) is 11.4 Å². The molecular formula is C27H31N3O9S. The van der Waals surface area contributed by atoms with Gasteiger partial charge in [0.25, 0.3) is 5.69 Å². The van der Waals surface area contributed by atoms with E-state index >= 15 is 0 Å². The first-order chi connectivity index (χ1) is 19.2. The van der Waals surface area contributed by atoms with Crippen molar-refractivity contribution in [2.45, 2.75) is 24.1 Å². The lowest BCUT2D eigenvalue weighted by molar-refractivity contribution is -0.384. The van der Waals surface area contributed by atoms with Crippen molar-refractivity contribution >= 4 is 21.4 Å². The van der Waals surface area contributed by atoms with E-state index in [1.54, 1.807) is 48.5 Å². The van der Waals surface area contributed by atoms with Crippen LogP contribution in [0.15, 0.2) is 65.6 Å². The number of ether oxygens (including phenoxy) is 4. The van der Waals surface area contributed by atoms with Crippen molar-refractivity contribution in [1.82, 2.24) is 4.31 Å². The number of hydrogen-bond donors (Lipinski definition) is 2. The molecule has 0 aliphatic carbocycles. The molecule has 214 valence electrons. The molecule has 0 spiro atoms. The van der Waals surface area contributed by atoms with Gasteiger partial charge in [0.2, 0.25) is 10.0 Å². The number of nitrogens with zero attached hydrogens (tertiary/aromatic N) is 2. The summed E-state index contributed by atoms with van der Waals surface area (Å²) in [4.78, 5) is 10.8. The second-order valence-electron chi connectivity index (χ2n) is 9.01. The fraction of sp³-hybridized carbons (Fsp3) is 0.333. The molecule has 0 aromatic heterocycles. The van der Waals surface area contributed by atoms with Gasteiger partial charge in [-0.2, -0.15) is 4.31 Å². The Kier molecular flexibility index (Phi) is 9.42. The van der Waals surface area contributed by atoms with Crippen molar-refractivity contribution in [1.29, 1.82) is 0 Å². The highest BCUT2D eigenvalue weighted by molar-refractivity contribution is 7.89. The SMILES string of the molecule is COc1ccc(CN(Cc2ccc(OC)cc2)S(=O)(=O)c2cc(O)c(NC[C@H]3COCCO3)c([N+](=O)[O-])c2)cc1. The highest BCUT2D eigenvalue weighted by atomic mass is 32.2. The van der Waals surface area contributed by atoms with Crippen molar-refractivity contribution < 1.29 is 37.4 Å². The van der Waals surface area contributed by atoms with Gasteiger partial charge in [0, 0.05) is 31.8 Å². The maximum Gasteiger partial charge on any atom is 0.297 e. The van der Waals surface area contributed by atoms with E-state index in [9.17, 15) is 23.6 Å². The number of benzene rings is 3. The van der Waals surface area contributed by atoms with Crippen LogP contribution in [0.2, 0.25) is 0 Å². The van der Waals surface area contributed by atoms with Gasteiger partial charge < -0.3 is 29.4 Å². The topological polar surface area (TPSA) is 150 Å². The number of nitrogens with one attached hydrogen (secondary N) is 1. The summed E-state index contributed by atoms with van der Waals surface area (Å²) in [5, 5.41) is 25.5. The highest BCUT2D eigenvalue weighted by Gasteiger charge is 2.31. The predicted molar refractivity (Wildman–Crippen MR) is 146 cm³/mol. The Bertz CT molecular complexity index is 1360. The quantitative estimate of drug-likeness (QED) is 0.187. The average Bonchev–Trinajstić information content (AvgIpc) is 2.97. The molecular weight excluding hydrogens is 542 g/mol. The molecule has 13 heteroatoms. The molecule has 2 N–H and O–H groups in total. The maximum atomic E-state index is 13.9. The summed E-state index contributed by atoms with van der Waals surface area (Å²) in [5.74, 6) is 0.655. The van der Waals surface area contributed by atoms with E-state index < -0.39 is 31.3 Å². The minimum atomic E-state index is -4.33. The molecule has 0 bridgehead atoms. The summed E-state index contributed by atoms with van der Waals surface area (Å²) >= 11 is 0. The molecule has 0 amide bonds. The number of phenolic OH excluding ortho intramolecular Hbond substituents is 1. The second kappa shape index (κ2) is 13.0. The van der Waals surface area contributed by atoms with E-state index in [2.05, 4.69) is 5.32 Å². The van der Waals surface area contributed by atoms with Crippen molar-refractivity contribution in [3.8, 4) is 17.2 Å². The Labute approximate surface area is 232 Å². The second-order valence-corrected chi connectivity index (χ2v) is 10.9. The minimum absolute atomic E-state index is 0.0358. The molecule has 0 unspecified atom stereocenters. The van der Waals surface area contributed by atoms with Gasteiger partial charge in [-0.05, 0) is 35.4 Å². The Morgan fingerprint density at radius 2 is 1.57 bits per heavy atom. The molecule has 3 aromatic carbocycles. The predicted octanol–water partition coefficient (Wildman–Crippen LogP) is 3.54. The summed E-state index contributed by atoms with van der Waals surface area (Å²) in [7, 11) is -1.26. The average molecular weight is 574 g/mol. The lowest BCUT2D eigenvalue weighted by Crippen LogP contribution is -2.34. The smallest absolute Gasteiger partial charge is 0.297 e. The fourth-order valence-corrected chi connectivity index (χ4v) is 5.63. The Morgan fingerprint density at radius 1 is 1.00 bits per heavy atom. The molecule has 0 radical (unpaired) electrons. The third-order valence-corrected chi connectivity index (χ3v) is 8.10. The van der Waals surface area contributed by atoms with Gasteiger partial charge in [-0.15, -0.1) is 0 Å². The van der Waals surface area contributed by atoms with E-state index in [0.29, 0.717) is 42.4 Å². The third-order valence-electron chi connectivity index (χ3n) is 6.33. The molecule has 12 nitrogen and oxygen atoms in total. The Morgan fingerprint density at radius 3 is 2.05 bits per heavy atom. The van der Waals surface area contributed by atoms with Crippen LogP contribution in [-0.4, -0.2) is 69.4 Å². The maximum absolute atomic E-state index is 13.9. The van der Waals surface area contributed by atoms with Crippen LogP contribution in [0.3, 0.4) is 0 Å². The first kappa shape index (κ1) is 29.1. The van der Waals surface area contributed by atoms with Gasteiger partial charge in [0.05, 0.1) is 50.0 Å². The number of phenols is 1. The molecule has 1 aliphatic rings. The van der Waals surface area contributed by atoms with E-state index in [4.69, 9.17) is 18.9 Å². The normalized spacial score (nSPS) is 15.5. The van der Waals surface area contributed by atoms with E-state index in [-0.39, 0.29) is 31.4 Å². The number of rotatable bonds is 12. The molecule has 40 heavy (non-hydrogen) atoms. The summed E-state index contributed by atoms with van der Waals surface area (Å²) in [6.45, 7) is 1.19. The van der Waals surface area contributed by atoms with Crippen LogP contribution in [0.5, 0.6) is 17.2 Å². The zero-order chi connectivity index (χ0) is 28.7. The molecule has 1 aliphatic heterocycles. The molecule has 1 atom stereocenters. The number of nitro benzene ring substituents is 1. The summed E-state index contributed by atoms with van der Waals surface area (Å²) < 4.78 is 50.3. The number of methoxy groups -OCH3 is 2. The van der Waals surface area contributed by atoms with E-state index in [0.717, 1.165) is 12.1 Å². The zero-order valence-electron chi connectivity index (χ0n) is 22.1. The van der Waals surface area contributed by atoms with E-state index in [1.165, 1.54) is 18.5 Å². The van der Waals surface area contributed by atoms with Gasteiger partial charge in [-0.3, -0.25) is 10.1 Å². The molecule has 4 rings (SSSR count). The van der Waals surface area contributed by atoms with Crippen LogP contribution in [0.1, 0.15) is 11.1 Å². The van der Waals surface area contributed by atoms with Gasteiger partial charge >= 0.3 is 0 Å². The van der Waals surface area contributed by atoms with Crippen LogP contribution < -0.4 is 14.8 Å². The number of hydrogen-bond acceptors (Lipinski definition) is 10. The number of anilines is 1. The third kappa shape index (κ3) is 6.99. The first-order valence-corrected chi connectivity index (χ1v) is 13.9. The van der Waals surface area contributed by atoms with Crippen molar-refractivity contribution in [3.63, 3.8) is 0 Å². The Balaban J connectivity index is 1.67. The van der Waals surface area contributed by atoms with Crippen molar-refractivity contribution in [2.75, 3.05) is 45.9 Å². The molecule has 3 aromatic rings. The van der Waals surface area contributed by atoms with Gasteiger partial charge in [0.15, 0.2) is 5.69 Å². The molecule has 0 saturated carbocycles. The van der Waals surface area contributed by atoms with Gasteiger partial charge in [-0.25, -0.2) is 8.42 Å². The Hall–Kier alpha value is -3.91. The number of nitro groups is 1. The zero-order valence-corrected chi connectivity index (χ0v) is 22.9. The molecule has 1 saturated heterocycles. The fourth-order valence-electron chi connectivity index (χ4n) is 4.18. The lowest BCUT2D eigenvalue weighted by atomic mass is 10.2. The monoisotopic (exact) mass is 573 g/mol. The van der Waals surface area contributed by atoms with Crippen LogP contribution in [-0.2, 0) is 32.6 Å². The van der Waals surface area contributed by atoms with Gasteiger partial charge in [-0.1, -0.05) is 24.3 Å². The first-order valence-electron chi connectivity index (χ1n) is 12.4. The highest BCUT2D eigenvalue weighted by Crippen LogP contribution is 2.38. The largest absolute Gasteiger partial charge is 0.505 e. The summed E-state index contributed by atoms with van der Waals surface area (Å²) in [5.41, 5.74) is 0.563. The summed E-state index contributed by atoms with van der Waals surface area (Å²) in [6.07, 6.45) is -0.374. The summed E-state index contributed by atoms with van der Waals surface area (Å²) in [6, 6.07) is 15.8. The number of aromatic hydroxyl groups is 1. The molecule has 1 fully saturated rings.